The first-order chi connectivity index (χ1) is 10.2. The number of amides is 1. The van der Waals surface area contributed by atoms with E-state index in [9.17, 15) is 14.9 Å². The van der Waals surface area contributed by atoms with Crippen molar-refractivity contribution in [3.8, 4) is 6.07 Å². The molecular formula is C15H16N2O3S. The summed E-state index contributed by atoms with van der Waals surface area (Å²) in [7, 11) is 0. The van der Waals surface area contributed by atoms with Crippen LogP contribution in [0.4, 0.5) is 5.00 Å². The summed E-state index contributed by atoms with van der Waals surface area (Å²) in [6.07, 6.45) is 6.60. The maximum atomic E-state index is 11.8. The van der Waals surface area contributed by atoms with Crippen LogP contribution in [0.3, 0.4) is 0 Å². The molecule has 0 bridgehead atoms. The molecule has 0 saturated carbocycles. The molecule has 1 amide bonds. The molecule has 110 valence electrons. The molecule has 1 aromatic heterocycles. The Balaban J connectivity index is 1.93. The predicted octanol–water partition coefficient (Wildman–Crippen LogP) is 2.56. The Morgan fingerprint density at radius 3 is 3.00 bits per heavy atom. The van der Waals surface area contributed by atoms with Gasteiger partial charge in [-0.1, -0.05) is 13.0 Å². The summed E-state index contributed by atoms with van der Waals surface area (Å²) in [4.78, 5) is 24.2. The van der Waals surface area contributed by atoms with E-state index in [1.165, 1.54) is 22.3 Å². The van der Waals surface area contributed by atoms with Gasteiger partial charge in [-0.25, -0.2) is 4.79 Å². The maximum Gasteiger partial charge on any atom is 0.330 e. The van der Waals surface area contributed by atoms with E-state index in [4.69, 9.17) is 4.74 Å². The summed E-state index contributed by atoms with van der Waals surface area (Å²) in [5.41, 5.74) is 1.61. The van der Waals surface area contributed by atoms with Crippen LogP contribution < -0.4 is 5.32 Å². The maximum absolute atomic E-state index is 11.8. The number of hydrogen-bond donors (Lipinski definition) is 1. The molecule has 1 aliphatic rings. The van der Waals surface area contributed by atoms with Crippen LogP contribution in [-0.2, 0) is 27.2 Å². The minimum atomic E-state index is -0.541. The number of nitrogens with zero attached hydrogens (tertiary/aromatic N) is 1. The molecule has 0 atom stereocenters. The summed E-state index contributed by atoms with van der Waals surface area (Å²) in [5, 5.41) is 12.4. The number of rotatable bonds is 5. The Hall–Kier alpha value is -2.13. The molecule has 0 unspecified atom stereocenters. The van der Waals surface area contributed by atoms with Crippen molar-refractivity contribution in [1.82, 2.24) is 0 Å². The van der Waals surface area contributed by atoms with E-state index in [-0.39, 0.29) is 6.61 Å². The lowest BCUT2D eigenvalue weighted by Gasteiger charge is -2.04. The van der Waals surface area contributed by atoms with Gasteiger partial charge in [0.25, 0.3) is 5.91 Å². The highest BCUT2D eigenvalue weighted by molar-refractivity contribution is 7.16. The van der Waals surface area contributed by atoms with E-state index in [0.717, 1.165) is 31.2 Å². The topological polar surface area (TPSA) is 79.2 Å². The quantitative estimate of drug-likeness (QED) is 0.669. The number of hydrogen-bond acceptors (Lipinski definition) is 5. The van der Waals surface area contributed by atoms with Gasteiger partial charge in [-0.05, 0) is 31.2 Å². The Bertz CT molecular complexity index is 626. The van der Waals surface area contributed by atoms with Gasteiger partial charge in [0.15, 0.2) is 6.61 Å². The summed E-state index contributed by atoms with van der Waals surface area (Å²) in [6, 6.07) is 2.15. The second kappa shape index (κ2) is 7.04. The third-order valence-electron chi connectivity index (χ3n) is 3.12. The van der Waals surface area contributed by atoms with Crippen molar-refractivity contribution in [2.24, 2.45) is 0 Å². The molecule has 5 nitrogen and oxygen atoms in total. The van der Waals surface area contributed by atoms with Crippen molar-refractivity contribution in [2.75, 3.05) is 11.9 Å². The molecule has 1 heterocycles. The fourth-order valence-corrected chi connectivity index (χ4v) is 3.43. The molecule has 0 fully saturated rings. The van der Waals surface area contributed by atoms with E-state index in [1.54, 1.807) is 6.08 Å². The summed E-state index contributed by atoms with van der Waals surface area (Å²) >= 11 is 1.44. The largest absolute Gasteiger partial charge is 0.452 e. The highest BCUT2D eigenvalue weighted by Crippen LogP contribution is 2.38. The molecule has 0 saturated heterocycles. The number of allylic oxidation sites excluding steroid dienone is 1. The van der Waals surface area contributed by atoms with Gasteiger partial charge in [0.05, 0.1) is 5.56 Å². The second-order valence-electron chi connectivity index (χ2n) is 4.64. The highest BCUT2D eigenvalue weighted by atomic mass is 32.1. The van der Waals surface area contributed by atoms with E-state index in [2.05, 4.69) is 11.4 Å². The Morgan fingerprint density at radius 2 is 2.29 bits per heavy atom. The number of thiophene rings is 1. The van der Waals surface area contributed by atoms with Crippen LogP contribution in [0.5, 0.6) is 0 Å². The van der Waals surface area contributed by atoms with Gasteiger partial charge < -0.3 is 10.1 Å². The van der Waals surface area contributed by atoms with Crippen molar-refractivity contribution in [2.45, 2.75) is 32.6 Å². The molecule has 0 radical (unpaired) electrons. The van der Waals surface area contributed by atoms with Crippen LogP contribution in [-0.4, -0.2) is 18.5 Å². The zero-order chi connectivity index (χ0) is 15.2. The van der Waals surface area contributed by atoms with E-state index in [1.807, 2.05) is 6.92 Å². The first kappa shape index (κ1) is 15.3. The molecule has 1 aliphatic carbocycles. The van der Waals surface area contributed by atoms with Crippen LogP contribution in [0.15, 0.2) is 12.2 Å². The standard InChI is InChI=1S/C15H16N2O3S/c1-2-3-7-14(19)20-9-13(18)17-15-11(8-16)10-5-4-6-12(10)21-15/h3,7H,2,4-6,9H2,1H3,(H,17,18)/b7-3+. The molecule has 2 rings (SSSR count). The molecule has 0 spiro atoms. The van der Waals surface area contributed by atoms with Crippen molar-refractivity contribution < 1.29 is 14.3 Å². The third-order valence-corrected chi connectivity index (χ3v) is 4.33. The molecule has 1 N–H and O–H groups in total. The van der Waals surface area contributed by atoms with Gasteiger partial charge in [0.2, 0.25) is 0 Å². The van der Waals surface area contributed by atoms with Crippen molar-refractivity contribution >= 4 is 28.2 Å². The zero-order valence-corrected chi connectivity index (χ0v) is 12.6. The van der Waals surface area contributed by atoms with Crippen molar-refractivity contribution in [1.29, 1.82) is 5.26 Å². The van der Waals surface area contributed by atoms with Gasteiger partial charge in [0, 0.05) is 11.0 Å². The zero-order valence-electron chi connectivity index (χ0n) is 11.8. The van der Waals surface area contributed by atoms with Gasteiger partial charge in [0.1, 0.15) is 11.1 Å². The number of aryl methyl sites for hydroxylation is 1. The number of carbonyl (C=O) groups is 2. The minimum absolute atomic E-state index is 0.347. The number of esters is 1. The average molecular weight is 304 g/mol. The van der Waals surface area contributed by atoms with Crippen LogP contribution in [0.1, 0.15) is 35.8 Å². The van der Waals surface area contributed by atoms with E-state index in [0.29, 0.717) is 10.6 Å². The van der Waals surface area contributed by atoms with Gasteiger partial charge >= 0.3 is 5.97 Å². The van der Waals surface area contributed by atoms with Crippen molar-refractivity contribution in [3.63, 3.8) is 0 Å². The summed E-state index contributed by atoms with van der Waals surface area (Å²) in [5.74, 6) is -0.967. The summed E-state index contributed by atoms with van der Waals surface area (Å²) < 4.78 is 4.81. The van der Waals surface area contributed by atoms with Crippen LogP contribution >= 0.6 is 11.3 Å². The lowest BCUT2D eigenvalue weighted by atomic mass is 10.1. The monoisotopic (exact) mass is 304 g/mol. The number of nitrogens with one attached hydrogen (secondary N) is 1. The van der Waals surface area contributed by atoms with Gasteiger partial charge in [-0.2, -0.15) is 5.26 Å². The fourth-order valence-electron chi connectivity index (χ4n) is 2.17. The van der Waals surface area contributed by atoms with Crippen LogP contribution in [0.2, 0.25) is 0 Å². The number of ether oxygens (including phenoxy) is 1. The van der Waals surface area contributed by atoms with E-state index < -0.39 is 11.9 Å². The number of nitriles is 1. The first-order valence-electron chi connectivity index (χ1n) is 6.83. The lowest BCUT2D eigenvalue weighted by Crippen LogP contribution is -2.20. The third kappa shape index (κ3) is 3.70. The molecule has 0 aliphatic heterocycles. The Morgan fingerprint density at radius 1 is 1.48 bits per heavy atom. The minimum Gasteiger partial charge on any atom is -0.452 e. The smallest absolute Gasteiger partial charge is 0.330 e. The molecule has 21 heavy (non-hydrogen) atoms. The van der Waals surface area contributed by atoms with Crippen LogP contribution in [0.25, 0.3) is 0 Å². The molecular weight excluding hydrogens is 288 g/mol. The Labute approximate surface area is 127 Å². The molecule has 6 heteroatoms. The van der Waals surface area contributed by atoms with E-state index >= 15 is 0 Å². The molecule has 1 aromatic rings. The first-order valence-corrected chi connectivity index (χ1v) is 7.65. The second-order valence-corrected chi connectivity index (χ2v) is 5.74. The number of anilines is 1. The molecule has 0 aromatic carbocycles. The summed E-state index contributed by atoms with van der Waals surface area (Å²) in [6.45, 7) is 1.55. The van der Waals surface area contributed by atoms with Gasteiger partial charge in [-0.15, -0.1) is 11.3 Å². The van der Waals surface area contributed by atoms with Gasteiger partial charge in [-0.3, -0.25) is 4.79 Å². The number of carbonyl (C=O) groups excluding carboxylic acids is 2. The lowest BCUT2D eigenvalue weighted by molar-refractivity contribution is -0.142. The predicted molar refractivity (Wildman–Crippen MR) is 80.1 cm³/mol. The SMILES string of the molecule is CC/C=C/C(=O)OCC(=O)Nc1sc2c(c1C#N)CCC2. The highest BCUT2D eigenvalue weighted by Gasteiger charge is 2.23. The average Bonchev–Trinajstić information content (AvgIpc) is 3.03. The number of fused-ring (bicyclic) bond motifs is 1. The Kier molecular flexibility index (Phi) is 5.12. The van der Waals surface area contributed by atoms with Crippen molar-refractivity contribution in [3.05, 3.63) is 28.2 Å². The fraction of sp³-hybridized carbons (Fsp3) is 0.400. The normalized spacial score (nSPS) is 13.0. The van der Waals surface area contributed by atoms with Crippen LogP contribution in [0, 0.1) is 11.3 Å².